The number of anilines is 1. The minimum absolute atomic E-state index is 0. The number of imidazole rings is 1. The van der Waals surface area contributed by atoms with Gasteiger partial charge in [-0.1, -0.05) is 101 Å². The quantitative estimate of drug-likeness (QED) is 0.129. The van der Waals surface area contributed by atoms with E-state index in [1.807, 2.05) is 23.1 Å². The maximum absolute atomic E-state index is 13.6. The van der Waals surface area contributed by atoms with Crippen molar-refractivity contribution < 1.29 is 10.3 Å². The molecule has 248 valence electrons. The number of aryl methyl sites for hydroxylation is 1. The number of fused-ring (bicyclic) bond motifs is 1. The number of amides is 2. The molecule has 0 bridgehead atoms. The summed E-state index contributed by atoms with van der Waals surface area (Å²) in [4.78, 5) is 20.7. The first-order valence-electron chi connectivity index (χ1n) is 17.1. The van der Waals surface area contributed by atoms with Crippen LogP contribution in [-0.4, -0.2) is 54.3 Å². The topological polar surface area (TPSA) is 136 Å². The second-order valence-corrected chi connectivity index (χ2v) is 12.5. The van der Waals surface area contributed by atoms with Crippen LogP contribution in [0.25, 0.3) is 33.5 Å². The molecule has 3 aromatic carbocycles. The normalized spacial score (nSPS) is 13.4. The molecule has 0 saturated heterocycles. The first-order valence-corrected chi connectivity index (χ1v) is 17.1. The van der Waals surface area contributed by atoms with Gasteiger partial charge in [0.25, 0.3) is 0 Å². The molecule has 0 radical (unpaired) electrons. The van der Waals surface area contributed by atoms with Crippen molar-refractivity contribution in [3.05, 3.63) is 78.1 Å². The van der Waals surface area contributed by atoms with Gasteiger partial charge in [-0.05, 0) is 71.0 Å². The summed E-state index contributed by atoms with van der Waals surface area (Å²) in [5.41, 5.74) is 7.33. The second kappa shape index (κ2) is 16.3. The average Bonchev–Trinajstić information content (AvgIpc) is 3.75. The molecule has 4 N–H and O–H groups in total. The molecule has 0 spiro atoms. The minimum Gasteiger partial charge on any atom is -0.412 e. The Labute approximate surface area is 277 Å². The van der Waals surface area contributed by atoms with E-state index in [0.717, 1.165) is 97.1 Å². The molecule has 6 rings (SSSR count). The molecule has 1 fully saturated rings. The van der Waals surface area contributed by atoms with Crippen molar-refractivity contribution in [1.29, 1.82) is 0 Å². The van der Waals surface area contributed by atoms with Crippen LogP contribution in [0.5, 0.6) is 0 Å². The Morgan fingerprint density at radius 3 is 2.43 bits per heavy atom. The number of H-pyrrole nitrogens is 1. The molecular weight excluding hydrogens is 588 g/mol. The van der Waals surface area contributed by atoms with Crippen LogP contribution < -0.4 is 10.2 Å². The third kappa shape index (κ3) is 8.05. The van der Waals surface area contributed by atoms with E-state index in [1.54, 1.807) is 0 Å². The van der Waals surface area contributed by atoms with Crippen molar-refractivity contribution in [3.8, 4) is 22.5 Å². The number of urea groups is 1. The molecule has 2 aromatic heterocycles. The van der Waals surface area contributed by atoms with E-state index in [1.165, 1.54) is 24.8 Å². The van der Waals surface area contributed by atoms with E-state index in [9.17, 15) is 4.79 Å². The fourth-order valence-electron chi connectivity index (χ4n) is 6.59. The number of carbonyl (C=O) groups is 1. The largest absolute Gasteiger partial charge is 0.412 e. The molecular formula is C37H48N8O2. The van der Waals surface area contributed by atoms with E-state index in [-0.39, 0.29) is 17.5 Å². The lowest BCUT2D eigenvalue weighted by molar-refractivity contribution is 0.238. The highest BCUT2D eigenvalue weighted by molar-refractivity contribution is 5.94. The zero-order valence-corrected chi connectivity index (χ0v) is 27.7. The Morgan fingerprint density at radius 1 is 0.936 bits per heavy atom. The number of aromatic nitrogens is 6. The van der Waals surface area contributed by atoms with Crippen molar-refractivity contribution >= 4 is 22.8 Å². The molecule has 10 nitrogen and oxygen atoms in total. The predicted molar refractivity (Wildman–Crippen MR) is 188 cm³/mol. The highest BCUT2D eigenvalue weighted by atomic mass is 16.2. The highest BCUT2D eigenvalue weighted by Gasteiger charge is 2.22. The summed E-state index contributed by atoms with van der Waals surface area (Å²) in [6, 6.07) is 23.6. The molecule has 1 aliphatic rings. The third-order valence-electron chi connectivity index (χ3n) is 9.17. The minimum atomic E-state index is 0. The lowest BCUT2D eigenvalue weighted by atomic mass is 9.96. The number of carbonyl (C=O) groups excluding carboxylic acids is 1. The Hall–Kier alpha value is -4.57. The van der Waals surface area contributed by atoms with Gasteiger partial charge in [0.1, 0.15) is 5.82 Å². The zero-order valence-electron chi connectivity index (χ0n) is 27.7. The molecule has 0 atom stereocenters. The molecule has 1 saturated carbocycles. The summed E-state index contributed by atoms with van der Waals surface area (Å²) in [5.74, 6) is 1.74. The van der Waals surface area contributed by atoms with Gasteiger partial charge in [0.15, 0.2) is 5.82 Å². The number of tetrazole rings is 1. The van der Waals surface area contributed by atoms with Gasteiger partial charge in [-0.15, -0.1) is 5.10 Å². The Bertz CT molecular complexity index is 1710. The van der Waals surface area contributed by atoms with E-state index < -0.39 is 0 Å². The van der Waals surface area contributed by atoms with Gasteiger partial charge in [0.2, 0.25) is 0 Å². The lowest BCUT2D eigenvalue weighted by Gasteiger charge is -2.28. The standard InChI is InChI=1S/C37H46N8O.H2O/c1-3-5-12-24-44(37(46)38-29-13-8-7-9-14-29)30-22-23-34-33(25-30)39-35(17-6-4-2)45(34)26-27-18-20-28(21-19-27)31-15-10-11-16-32(31)36-40-42-43-41-36;/h10-11,15-16,18-23,25,29H,3-9,12-14,17,24,26H2,1-2H3,(H,38,46)(H,40,41,42,43);1H2. The van der Waals surface area contributed by atoms with Gasteiger partial charge in [-0.2, -0.15) is 0 Å². The van der Waals surface area contributed by atoms with Crippen molar-refractivity contribution in [2.75, 3.05) is 11.4 Å². The summed E-state index contributed by atoms with van der Waals surface area (Å²) in [5, 5.41) is 17.9. The zero-order chi connectivity index (χ0) is 31.7. The molecule has 0 aliphatic heterocycles. The monoisotopic (exact) mass is 636 g/mol. The van der Waals surface area contributed by atoms with Crippen LogP contribution in [0.2, 0.25) is 0 Å². The number of hydrogen-bond donors (Lipinski definition) is 2. The van der Waals surface area contributed by atoms with Crippen LogP contribution in [0.15, 0.2) is 66.7 Å². The van der Waals surface area contributed by atoms with Gasteiger partial charge < -0.3 is 15.4 Å². The third-order valence-corrected chi connectivity index (χ3v) is 9.17. The number of nitrogens with zero attached hydrogens (tertiary/aromatic N) is 6. The molecule has 5 aromatic rings. The van der Waals surface area contributed by atoms with Crippen LogP contribution in [0, 0.1) is 0 Å². The maximum atomic E-state index is 13.6. The fraction of sp³-hybridized carbons (Fsp3) is 0.432. The molecule has 2 heterocycles. The van der Waals surface area contributed by atoms with Crippen LogP contribution in [0.4, 0.5) is 10.5 Å². The van der Waals surface area contributed by atoms with Gasteiger partial charge >= 0.3 is 6.03 Å². The lowest BCUT2D eigenvalue weighted by Crippen LogP contribution is -2.46. The first kappa shape index (κ1) is 33.8. The Balaban J connectivity index is 0.00000433. The summed E-state index contributed by atoms with van der Waals surface area (Å²) in [7, 11) is 0. The second-order valence-electron chi connectivity index (χ2n) is 12.5. The number of rotatable bonds is 13. The predicted octanol–water partition coefficient (Wildman–Crippen LogP) is 7.49. The van der Waals surface area contributed by atoms with Crippen LogP contribution in [0.1, 0.15) is 89.4 Å². The first-order chi connectivity index (χ1) is 22.6. The summed E-state index contributed by atoms with van der Waals surface area (Å²) < 4.78 is 2.35. The summed E-state index contributed by atoms with van der Waals surface area (Å²) >= 11 is 0. The van der Waals surface area contributed by atoms with E-state index >= 15 is 0 Å². The summed E-state index contributed by atoms with van der Waals surface area (Å²) in [6.07, 6.45) is 12.1. The highest BCUT2D eigenvalue weighted by Crippen LogP contribution is 2.31. The molecule has 0 unspecified atom stereocenters. The smallest absolute Gasteiger partial charge is 0.322 e. The summed E-state index contributed by atoms with van der Waals surface area (Å²) in [6.45, 7) is 5.86. The van der Waals surface area contributed by atoms with Gasteiger partial charge in [-0.25, -0.2) is 14.9 Å². The molecule has 1 aliphatic carbocycles. The van der Waals surface area contributed by atoms with Crippen molar-refractivity contribution in [1.82, 2.24) is 35.5 Å². The Kier molecular flexibility index (Phi) is 11.7. The van der Waals surface area contributed by atoms with Gasteiger partial charge in [0.05, 0.1) is 11.0 Å². The van der Waals surface area contributed by atoms with Crippen LogP contribution in [-0.2, 0) is 13.0 Å². The number of nitrogens with one attached hydrogen (secondary N) is 2. The van der Waals surface area contributed by atoms with E-state index in [2.05, 4.69) is 92.9 Å². The van der Waals surface area contributed by atoms with Gasteiger partial charge in [-0.3, -0.25) is 4.90 Å². The number of unbranched alkanes of at least 4 members (excludes halogenated alkanes) is 3. The number of aromatic amines is 1. The van der Waals surface area contributed by atoms with E-state index in [4.69, 9.17) is 4.98 Å². The number of hydrogen-bond acceptors (Lipinski definition) is 5. The van der Waals surface area contributed by atoms with Crippen molar-refractivity contribution in [2.24, 2.45) is 0 Å². The maximum Gasteiger partial charge on any atom is 0.322 e. The fourth-order valence-corrected chi connectivity index (χ4v) is 6.59. The molecule has 2 amide bonds. The molecule has 47 heavy (non-hydrogen) atoms. The van der Waals surface area contributed by atoms with Crippen LogP contribution >= 0.6 is 0 Å². The van der Waals surface area contributed by atoms with Crippen molar-refractivity contribution in [3.63, 3.8) is 0 Å². The van der Waals surface area contributed by atoms with Crippen LogP contribution in [0.3, 0.4) is 0 Å². The SMILES string of the molecule is CCCCCN(C(=O)NC1CCCCC1)c1ccc2c(c1)nc(CCCC)n2Cc1ccc(-c2ccccc2-c2nnn[nH]2)cc1.O. The average molecular weight is 637 g/mol. The van der Waals surface area contributed by atoms with Crippen molar-refractivity contribution in [2.45, 2.75) is 97.1 Å². The van der Waals surface area contributed by atoms with Gasteiger partial charge in [0, 0.05) is 36.8 Å². The Morgan fingerprint density at radius 2 is 1.70 bits per heavy atom. The molecule has 10 heteroatoms. The van der Waals surface area contributed by atoms with E-state index in [0.29, 0.717) is 12.4 Å². The number of benzene rings is 3.